The van der Waals surface area contributed by atoms with Crippen molar-refractivity contribution in [1.29, 1.82) is 0 Å². The fourth-order valence-electron chi connectivity index (χ4n) is 2.63. The van der Waals surface area contributed by atoms with Gasteiger partial charge in [-0.15, -0.1) is 0 Å². The molecule has 0 saturated heterocycles. The van der Waals surface area contributed by atoms with Gasteiger partial charge in [-0.25, -0.2) is 4.68 Å². The number of hydrogen-bond donors (Lipinski definition) is 2. The van der Waals surface area contributed by atoms with Crippen molar-refractivity contribution in [3.63, 3.8) is 0 Å². The van der Waals surface area contributed by atoms with Gasteiger partial charge in [-0.2, -0.15) is 10.2 Å². The summed E-state index contributed by atoms with van der Waals surface area (Å²) in [6.07, 6.45) is 3.22. The SMILES string of the molecule is CC(C(=O)Nc1ccc2cn[nH]c2c1)n1nc(-c2ccco2)ccc1=O. The highest BCUT2D eigenvalue weighted by Gasteiger charge is 2.19. The third-order valence-electron chi connectivity index (χ3n) is 4.05. The first-order valence-electron chi connectivity index (χ1n) is 7.99. The van der Waals surface area contributed by atoms with E-state index in [4.69, 9.17) is 4.42 Å². The molecule has 0 aliphatic heterocycles. The lowest BCUT2D eigenvalue weighted by Gasteiger charge is -2.14. The van der Waals surface area contributed by atoms with E-state index in [2.05, 4.69) is 20.6 Å². The van der Waals surface area contributed by atoms with E-state index < -0.39 is 6.04 Å². The van der Waals surface area contributed by atoms with Crippen molar-refractivity contribution < 1.29 is 9.21 Å². The highest BCUT2D eigenvalue weighted by Crippen LogP contribution is 2.19. The van der Waals surface area contributed by atoms with Crippen LogP contribution in [0.1, 0.15) is 13.0 Å². The number of aromatic nitrogens is 4. The molecule has 0 radical (unpaired) electrons. The molecule has 1 aromatic carbocycles. The minimum absolute atomic E-state index is 0.352. The molecular weight excluding hydrogens is 334 g/mol. The Balaban J connectivity index is 1.60. The molecule has 1 amide bonds. The molecule has 4 rings (SSSR count). The van der Waals surface area contributed by atoms with E-state index >= 15 is 0 Å². The fourth-order valence-corrected chi connectivity index (χ4v) is 2.63. The van der Waals surface area contributed by atoms with Crippen LogP contribution in [0.25, 0.3) is 22.4 Å². The zero-order valence-corrected chi connectivity index (χ0v) is 13.8. The number of hydrogen-bond acceptors (Lipinski definition) is 5. The number of rotatable bonds is 4. The average molecular weight is 349 g/mol. The van der Waals surface area contributed by atoms with Gasteiger partial charge in [-0.3, -0.25) is 14.7 Å². The number of nitrogens with one attached hydrogen (secondary N) is 2. The van der Waals surface area contributed by atoms with E-state index in [1.165, 1.54) is 12.3 Å². The van der Waals surface area contributed by atoms with E-state index in [-0.39, 0.29) is 11.5 Å². The van der Waals surface area contributed by atoms with E-state index in [0.29, 0.717) is 17.1 Å². The summed E-state index contributed by atoms with van der Waals surface area (Å²) in [6.45, 7) is 1.62. The highest BCUT2D eigenvalue weighted by atomic mass is 16.3. The van der Waals surface area contributed by atoms with Crippen LogP contribution in [0.3, 0.4) is 0 Å². The molecule has 0 bridgehead atoms. The van der Waals surface area contributed by atoms with Crippen LogP contribution in [-0.4, -0.2) is 25.9 Å². The van der Waals surface area contributed by atoms with Crippen molar-refractivity contribution >= 4 is 22.5 Å². The van der Waals surface area contributed by atoms with Gasteiger partial charge in [-0.1, -0.05) is 0 Å². The zero-order chi connectivity index (χ0) is 18.1. The van der Waals surface area contributed by atoms with Gasteiger partial charge in [0, 0.05) is 17.1 Å². The number of aromatic amines is 1. The number of fused-ring (bicyclic) bond motifs is 1. The van der Waals surface area contributed by atoms with Crippen molar-refractivity contribution in [1.82, 2.24) is 20.0 Å². The summed E-state index contributed by atoms with van der Waals surface area (Å²) in [4.78, 5) is 24.7. The van der Waals surface area contributed by atoms with E-state index in [1.54, 1.807) is 43.5 Å². The molecule has 8 heteroatoms. The molecule has 0 aliphatic carbocycles. The highest BCUT2D eigenvalue weighted by molar-refractivity contribution is 5.95. The molecule has 8 nitrogen and oxygen atoms in total. The lowest BCUT2D eigenvalue weighted by Crippen LogP contribution is -2.33. The molecule has 4 aromatic rings. The summed E-state index contributed by atoms with van der Waals surface area (Å²) < 4.78 is 6.44. The number of carbonyl (C=O) groups is 1. The summed E-state index contributed by atoms with van der Waals surface area (Å²) in [5.74, 6) is 0.172. The molecule has 26 heavy (non-hydrogen) atoms. The van der Waals surface area contributed by atoms with E-state index in [1.807, 2.05) is 6.07 Å². The van der Waals surface area contributed by atoms with Crippen LogP contribution in [-0.2, 0) is 4.79 Å². The Morgan fingerprint density at radius 2 is 2.15 bits per heavy atom. The summed E-state index contributed by atoms with van der Waals surface area (Å²) in [6, 6.07) is 11.0. The third-order valence-corrected chi connectivity index (χ3v) is 4.05. The van der Waals surface area contributed by atoms with Crippen LogP contribution in [0, 0.1) is 0 Å². The molecule has 0 spiro atoms. The predicted octanol–water partition coefficient (Wildman–Crippen LogP) is 2.58. The first-order chi connectivity index (χ1) is 12.6. The first kappa shape index (κ1) is 15.8. The molecule has 1 atom stereocenters. The predicted molar refractivity (Wildman–Crippen MR) is 95.6 cm³/mol. The number of benzene rings is 1. The van der Waals surface area contributed by atoms with Gasteiger partial charge >= 0.3 is 0 Å². The smallest absolute Gasteiger partial charge is 0.267 e. The largest absolute Gasteiger partial charge is 0.463 e. The molecule has 130 valence electrons. The maximum Gasteiger partial charge on any atom is 0.267 e. The van der Waals surface area contributed by atoms with Crippen LogP contribution in [0.15, 0.2) is 64.1 Å². The maximum absolute atomic E-state index is 12.6. The van der Waals surface area contributed by atoms with Gasteiger partial charge in [-0.05, 0) is 43.3 Å². The van der Waals surface area contributed by atoms with Crippen LogP contribution < -0.4 is 10.9 Å². The second kappa shape index (κ2) is 6.32. The second-order valence-corrected chi connectivity index (χ2v) is 5.82. The lowest BCUT2D eigenvalue weighted by atomic mass is 10.2. The Bertz CT molecular complexity index is 1130. The Morgan fingerprint density at radius 1 is 1.27 bits per heavy atom. The number of nitrogens with zero attached hydrogens (tertiary/aromatic N) is 3. The maximum atomic E-state index is 12.6. The average Bonchev–Trinajstić information content (AvgIpc) is 3.33. The van der Waals surface area contributed by atoms with Gasteiger partial charge in [0.25, 0.3) is 5.56 Å². The summed E-state index contributed by atoms with van der Waals surface area (Å²) in [5.41, 5.74) is 1.53. The van der Waals surface area contributed by atoms with Crippen LogP contribution in [0.4, 0.5) is 5.69 Å². The summed E-state index contributed by atoms with van der Waals surface area (Å²) in [5, 5.41) is 14.8. The Morgan fingerprint density at radius 3 is 2.96 bits per heavy atom. The van der Waals surface area contributed by atoms with Crippen molar-refractivity contribution in [2.45, 2.75) is 13.0 Å². The molecule has 3 aromatic heterocycles. The minimum Gasteiger partial charge on any atom is -0.463 e. The summed E-state index contributed by atoms with van der Waals surface area (Å²) >= 11 is 0. The van der Waals surface area contributed by atoms with Gasteiger partial charge in [0.1, 0.15) is 11.7 Å². The molecule has 0 aliphatic rings. The van der Waals surface area contributed by atoms with E-state index in [0.717, 1.165) is 15.6 Å². The Hall–Kier alpha value is -3.68. The fraction of sp³-hybridized carbons (Fsp3) is 0.111. The molecule has 0 saturated carbocycles. The first-order valence-corrected chi connectivity index (χ1v) is 7.99. The molecule has 1 unspecified atom stereocenters. The van der Waals surface area contributed by atoms with E-state index in [9.17, 15) is 9.59 Å². The Kier molecular flexibility index (Phi) is 3.85. The van der Waals surface area contributed by atoms with Gasteiger partial charge in [0.05, 0.1) is 18.0 Å². The third kappa shape index (κ3) is 2.88. The monoisotopic (exact) mass is 349 g/mol. The van der Waals surface area contributed by atoms with Gasteiger partial charge in [0.15, 0.2) is 5.76 Å². The molecule has 0 fully saturated rings. The van der Waals surface area contributed by atoms with Gasteiger partial charge in [0.2, 0.25) is 5.91 Å². The van der Waals surface area contributed by atoms with Gasteiger partial charge < -0.3 is 9.73 Å². The van der Waals surface area contributed by atoms with Crippen LogP contribution in [0.5, 0.6) is 0 Å². The number of furan rings is 1. The van der Waals surface area contributed by atoms with Crippen molar-refractivity contribution in [2.75, 3.05) is 5.32 Å². The zero-order valence-electron chi connectivity index (χ0n) is 13.8. The second-order valence-electron chi connectivity index (χ2n) is 5.82. The quantitative estimate of drug-likeness (QED) is 0.589. The van der Waals surface area contributed by atoms with Crippen LogP contribution >= 0.6 is 0 Å². The summed E-state index contributed by atoms with van der Waals surface area (Å²) in [7, 11) is 0. The minimum atomic E-state index is -0.796. The van der Waals surface area contributed by atoms with Crippen molar-refractivity contribution in [3.8, 4) is 11.5 Å². The molecular formula is C18H15N5O3. The normalized spacial score (nSPS) is 12.2. The standard InChI is InChI=1S/C18H15N5O3/c1-11(18(25)20-13-5-4-12-10-19-21-15(12)9-13)23-17(24)7-6-14(22-23)16-3-2-8-26-16/h2-11H,1H3,(H,19,21)(H,20,25). The number of H-pyrrole nitrogens is 1. The topological polar surface area (TPSA) is 106 Å². The lowest BCUT2D eigenvalue weighted by molar-refractivity contribution is -0.119. The van der Waals surface area contributed by atoms with Crippen LogP contribution in [0.2, 0.25) is 0 Å². The Labute approximate surface area is 147 Å². The van der Waals surface area contributed by atoms with Crippen molar-refractivity contribution in [2.24, 2.45) is 0 Å². The number of anilines is 1. The number of amides is 1. The molecule has 2 N–H and O–H groups in total. The van der Waals surface area contributed by atoms with Crippen molar-refractivity contribution in [3.05, 3.63) is 65.3 Å². The molecule has 3 heterocycles. The number of carbonyl (C=O) groups excluding carboxylic acids is 1.